The van der Waals surface area contributed by atoms with E-state index in [-0.39, 0.29) is 13.1 Å². The minimum absolute atomic E-state index is 0.0145. The summed E-state index contributed by atoms with van der Waals surface area (Å²) in [7, 11) is 0. The monoisotopic (exact) mass is 222 g/mol. The smallest absolute Gasteiger partial charge is 0.406 e. The standard InChI is InChI=1S/C8H9F3N2O2/c9-8(10,11)7(6(14)15)1-3-13(5-7)4-2-12/h1,3-5H2,(H,14,15). The van der Waals surface area contributed by atoms with Gasteiger partial charge in [0, 0.05) is 13.1 Å². The largest absolute Gasteiger partial charge is 0.481 e. The first-order chi connectivity index (χ1) is 6.83. The number of carbonyl (C=O) groups is 1. The number of hydrogen-bond acceptors (Lipinski definition) is 3. The van der Waals surface area contributed by atoms with Gasteiger partial charge in [-0.05, 0) is 6.42 Å². The summed E-state index contributed by atoms with van der Waals surface area (Å²) in [5, 5.41) is 17.0. The van der Waals surface area contributed by atoms with E-state index < -0.39 is 30.5 Å². The van der Waals surface area contributed by atoms with Crippen molar-refractivity contribution in [1.82, 2.24) is 4.90 Å². The fourth-order valence-corrected chi connectivity index (χ4v) is 1.65. The zero-order valence-corrected chi connectivity index (χ0v) is 7.71. The predicted octanol–water partition coefficient (Wildman–Crippen LogP) is 0.849. The first-order valence-corrected chi connectivity index (χ1v) is 4.23. The van der Waals surface area contributed by atoms with Gasteiger partial charge >= 0.3 is 12.1 Å². The SMILES string of the molecule is N#CCN1CCC(C(=O)O)(C(F)(F)F)C1. The van der Waals surface area contributed by atoms with Crippen LogP contribution in [0.2, 0.25) is 0 Å². The zero-order valence-electron chi connectivity index (χ0n) is 7.71. The van der Waals surface area contributed by atoms with Gasteiger partial charge in [-0.15, -0.1) is 0 Å². The Bertz CT molecular complexity index is 310. The van der Waals surface area contributed by atoms with Crippen LogP contribution < -0.4 is 0 Å². The molecule has 84 valence electrons. The zero-order chi connectivity index (χ0) is 11.7. The highest BCUT2D eigenvalue weighted by Gasteiger charge is 2.63. The molecule has 1 saturated heterocycles. The fourth-order valence-electron chi connectivity index (χ4n) is 1.65. The van der Waals surface area contributed by atoms with E-state index in [1.807, 2.05) is 0 Å². The molecule has 0 spiro atoms. The Morgan fingerprint density at radius 3 is 2.53 bits per heavy atom. The first kappa shape index (κ1) is 11.8. The molecular formula is C8H9F3N2O2. The number of aliphatic carboxylic acids is 1. The summed E-state index contributed by atoms with van der Waals surface area (Å²) >= 11 is 0. The number of nitriles is 1. The number of halogens is 3. The second kappa shape index (κ2) is 3.70. The summed E-state index contributed by atoms with van der Waals surface area (Å²) in [5.74, 6) is -1.87. The number of carboxylic acids is 1. The molecule has 0 aromatic carbocycles. The maximum absolute atomic E-state index is 12.6. The van der Waals surface area contributed by atoms with Crippen molar-refractivity contribution in [2.75, 3.05) is 19.6 Å². The van der Waals surface area contributed by atoms with Crippen LogP contribution in [-0.4, -0.2) is 41.8 Å². The quantitative estimate of drug-likeness (QED) is 0.703. The van der Waals surface area contributed by atoms with E-state index in [0.29, 0.717) is 0 Å². The van der Waals surface area contributed by atoms with E-state index in [2.05, 4.69) is 0 Å². The van der Waals surface area contributed by atoms with Gasteiger partial charge in [0.1, 0.15) is 0 Å². The van der Waals surface area contributed by atoms with Gasteiger partial charge < -0.3 is 5.11 Å². The number of hydrogen-bond donors (Lipinski definition) is 1. The van der Waals surface area contributed by atoms with Crippen molar-refractivity contribution >= 4 is 5.97 Å². The van der Waals surface area contributed by atoms with E-state index in [4.69, 9.17) is 10.4 Å². The van der Waals surface area contributed by atoms with E-state index in [1.54, 1.807) is 6.07 Å². The van der Waals surface area contributed by atoms with Crippen LogP contribution in [0.3, 0.4) is 0 Å². The summed E-state index contributed by atoms with van der Waals surface area (Å²) in [6.45, 7) is -0.829. The van der Waals surface area contributed by atoms with Gasteiger partial charge in [-0.3, -0.25) is 9.69 Å². The van der Waals surface area contributed by atoms with Gasteiger partial charge in [-0.1, -0.05) is 0 Å². The van der Waals surface area contributed by atoms with E-state index >= 15 is 0 Å². The van der Waals surface area contributed by atoms with Gasteiger partial charge in [-0.25, -0.2) is 0 Å². The van der Waals surface area contributed by atoms with Crippen molar-refractivity contribution in [3.63, 3.8) is 0 Å². The highest BCUT2D eigenvalue weighted by Crippen LogP contribution is 2.45. The molecule has 0 amide bonds. The van der Waals surface area contributed by atoms with Gasteiger partial charge in [-0.2, -0.15) is 18.4 Å². The average Bonchev–Trinajstić information content (AvgIpc) is 2.49. The molecule has 0 radical (unpaired) electrons. The lowest BCUT2D eigenvalue weighted by atomic mass is 9.86. The number of alkyl halides is 3. The molecule has 0 saturated carbocycles. The number of likely N-dealkylation sites (tertiary alicyclic amines) is 1. The average molecular weight is 222 g/mol. The fraction of sp³-hybridized carbons (Fsp3) is 0.750. The molecule has 1 rings (SSSR count). The number of nitrogens with zero attached hydrogens (tertiary/aromatic N) is 2. The van der Waals surface area contributed by atoms with Crippen molar-refractivity contribution in [3.8, 4) is 6.07 Å². The maximum Gasteiger partial charge on any atom is 0.406 e. The van der Waals surface area contributed by atoms with Gasteiger partial charge in [0.25, 0.3) is 0 Å². The molecule has 1 N–H and O–H groups in total. The molecule has 1 fully saturated rings. The summed E-state index contributed by atoms with van der Waals surface area (Å²) < 4.78 is 37.8. The first-order valence-electron chi connectivity index (χ1n) is 4.23. The Kier molecular flexibility index (Phi) is 2.90. The Balaban J connectivity index is 2.90. The Morgan fingerprint density at radius 1 is 1.60 bits per heavy atom. The lowest BCUT2D eigenvalue weighted by Crippen LogP contribution is -2.47. The number of rotatable bonds is 2. The molecule has 1 atom stereocenters. The van der Waals surface area contributed by atoms with Crippen LogP contribution in [0.5, 0.6) is 0 Å². The normalized spacial score (nSPS) is 27.6. The molecule has 1 unspecified atom stereocenters. The summed E-state index contributed by atoms with van der Waals surface area (Å²) in [6.07, 6.45) is -5.27. The van der Waals surface area contributed by atoms with Crippen LogP contribution in [-0.2, 0) is 4.79 Å². The number of carboxylic acid groups (broad SMARTS) is 1. The lowest BCUT2D eigenvalue weighted by Gasteiger charge is -2.26. The van der Waals surface area contributed by atoms with Crippen molar-refractivity contribution < 1.29 is 23.1 Å². The highest BCUT2D eigenvalue weighted by atomic mass is 19.4. The summed E-state index contributed by atoms with van der Waals surface area (Å²) in [5.41, 5.74) is -2.70. The van der Waals surface area contributed by atoms with Crippen LogP contribution in [0.1, 0.15) is 6.42 Å². The molecule has 0 aromatic rings. The van der Waals surface area contributed by atoms with Crippen LogP contribution in [0, 0.1) is 16.7 Å². The molecule has 0 aromatic heterocycles. The van der Waals surface area contributed by atoms with Crippen molar-refractivity contribution in [1.29, 1.82) is 5.26 Å². The second-order valence-corrected chi connectivity index (χ2v) is 3.50. The summed E-state index contributed by atoms with van der Waals surface area (Å²) in [4.78, 5) is 11.9. The van der Waals surface area contributed by atoms with Crippen molar-refractivity contribution in [2.45, 2.75) is 12.6 Å². The minimum atomic E-state index is -4.77. The van der Waals surface area contributed by atoms with Gasteiger partial charge in [0.2, 0.25) is 0 Å². The predicted molar refractivity (Wildman–Crippen MR) is 42.8 cm³/mol. The molecule has 15 heavy (non-hydrogen) atoms. The van der Waals surface area contributed by atoms with Gasteiger partial charge in [0.05, 0.1) is 12.6 Å². The molecule has 7 heteroatoms. The van der Waals surface area contributed by atoms with Gasteiger partial charge in [0.15, 0.2) is 5.41 Å². The van der Waals surface area contributed by atoms with Crippen LogP contribution in [0.4, 0.5) is 13.2 Å². The topological polar surface area (TPSA) is 64.3 Å². The summed E-state index contributed by atoms with van der Waals surface area (Å²) in [6, 6.07) is 1.70. The molecule has 0 bridgehead atoms. The van der Waals surface area contributed by atoms with E-state index in [0.717, 1.165) is 0 Å². The highest BCUT2D eigenvalue weighted by molar-refractivity contribution is 5.76. The molecule has 1 heterocycles. The van der Waals surface area contributed by atoms with Crippen LogP contribution in [0.25, 0.3) is 0 Å². The van der Waals surface area contributed by atoms with Crippen molar-refractivity contribution in [3.05, 3.63) is 0 Å². The molecule has 0 aliphatic carbocycles. The minimum Gasteiger partial charge on any atom is -0.481 e. The Hall–Kier alpha value is -1.29. The third-order valence-corrected chi connectivity index (χ3v) is 2.59. The maximum atomic E-state index is 12.6. The molecule has 1 aliphatic rings. The van der Waals surface area contributed by atoms with Crippen molar-refractivity contribution in [2.24, 2.45) is 5.41 Å². The Morgan fingerprint density at radius 2 is 2.20 bits per heavy atom. The molecule has 1 aliphatic heterocycles. The molecule has 4 nitrogen and oxygen atoms in total. The Labute approximate surface area is 83.9 Å². The van der Waals surface area contributed by atoms with Crippen LogP contribution in [0.15, 0.2) is 0 Å². The molecular weight excluding hydrogens is 213 g/mol. The van der Waals surface area contributed by atoms with E-state index in [1.165, 1.54) is 4.90 Å². The second-order valence-electron chi connectivity index (χ2n) is 3.50. The van der Waals surface area contributed by atoms with E-state index in [9.17, 15) is 18.0 Å². The third-order valence-electron chi connectivity index (χ3n) is 2.59. The van der Waals surface area contributed by atoms with Crippen LogP contribution >= 0.6 is 0 Å². The third kappa shape index (κ3) is 1.90. The lowest BCUT2D eigenvalue weighted by molar-refractivity contribution is -0.227.